The van der Waals surface area contributed by atoms with Crippen molar-refractivity contribution in [2.75, 3.05) is 7.11 Å². The summed E-state index contributed by atoms with van der Waals surface area (Å²) in [6.45, 7) is 11.6. The summed E-state index contributed by atoms with van der Waals surface area (Å²) in [5.41, 5.74) is 5.09. The summed E-state index contributed by atoms with van der Waals surface area (Å²) in [6, 6.07) is 3.91. The maximum absolute atomic E-state index is 9.82. The first-order valence-electron chi connectivity index (χ1n) is 6.39. The van der Waals surface area contributed by atoms with Gasteiger partial charge in [0.1, 0.15) is 0 Å². The Morgan fingerprint density at radius 3 is 1.88 bits per heavy atom. The van der Waals surface area contributed by atoms with Gasteiger partial charge in [-0.25, -0.2) is 0 Å². The molecule has 0 aromatic rings. The van der Waals surface area contributed by atoms with E-state index in [9.17, 15) is 4.79 Å². The van der Waals surface area contributed by atoms with Crippen LogP contribution in [-0.2, 0) is 9.22 Å². The molecule has 1 amide bonds. The van der Waals surface area contributed by atoms with Crippen molar-refractivity contribution < 1.29 is 9.22 Å². The fourth-order valence-electron chi connectivity index (χ4n) is 1.49. The van der Waals surface area contributed by atoms with Crippen LogP contribution in [0.2, 0.25) is 18.1 Å². The maximum Gasteiger partial charge on any atom is 0.243 e. The van der Waals surface area contributed by atoms with Gasteiger partial charge in [0.25, 0.3) is 0 Å². The Hall–Kier alpha value is -0.613. The Kier molecular flexibility index (Phi) is 11.6. The van der Waals surface area contributed by atoms with Gasteiger partial charge in [0.05, 0.1) is 0 Å². The molecule has 102 valence electrons. The number of primary amides is 1. The fourth-order valence-corrected chi connectivity index (χ4v) is 4.48. The number of hydrogen-bond donors (Lipinski definition) is 1. The zero-order chi connectivity index (χ0) is 13.9. The van der Waals surface area contributed by atoms with Crippen LogP contribution in [-0.4, -0.2) is 21.3 Å². The topological polar surface area (TPSA) is 52.3 Å². The highest BCUT2D eigenvalue weighted by atomic mass is 28.4. The lowest BCUT2D eigenvalue weighted by atomic mass is 10.3. The van der Waals surface area contributed by atoms with Gasteiger partial charge in [-0.05, 0) is 25.1 Å². The monoisotopic (exact) mass is 259 g/mol. The molecule has 0 aliphatic rings. The van der Waals surface area contributed by atoms with Crippen molar-refractivity contribution in [2.45, 2.75) is 58.7 Å². The van der Waals surface area contributed by atoms with Gasteiger partial charge in [-0.1, -0.05) is 40.2 Å². The molecule has 0 rings (SSSR count). The average molecular weight is 259 g/mol. The van der Waals surface area contributed by atoms with E-state index in [0.717, 1.165) is 0 Å². The minimum atomic E-state index is -1.24. The van der Waals surface area contributed by atoms with Crippen LogP contribution in [0.25, 0.3) is 0 Å². The van der Waals surface area contributed by atoms with Gasteiger partial charge in [-0.2, -0.15) is 0 Å². The summed E-state index contributed by atoms with van der Waals surface area (Å²) in [7, 11) is 0.659. The van der Waals surface area contributed by atoms with Crippen molar-refractivity contribution in [2.24, 2.45) is 5.73 Å². The van der Waals surface area contributed by atoms with Gasteiger partial charge in [-0.3, -0.25) is 4.79 Å². The highest BCUT2D eigenvalue weighted by Crippen LogP contribution is 2.23. The third-order valence-corrected chi connectivity index (χ3v) is 7.84. The van der Waals surface area contributed by atoms with Gasteiger partial charge in [-0.15, -0.1) is 0 Å². The summed E-state index contributed by atoms with van der Waals surface area (Å²) in [5.74, 6) is -0.435. The summed E-state index contributed by atoms with van der Waals surface area (Å²) >= 11 is 0. The van der Waals surface area contributed by atoms with Crippen molar-refractivity contribution in [1.29, 1.82) is 0 Å². The van der Waals surface area contributed by atoms with Gasteiger partial charge < -0.3 is 10.2 Å². The molecule has 0 aliphatic carbocycles. The molecule has 0 atom stereocenters. The number of unbranched alkanes of at least 4 members (excludes halogenated alkanes) is 1. The molecule has 0 aromatic heterocycles. The Morgan fingerprint density at radius 1 is 1.29 bits per heavy atom. The molecule has 4 heteroatoms. The van der Waals surface area contributed by atoms with Gasteiger partial charge in [0, 0.05) is 12.7 Å². The lowest BCUT2D eigenvalue weighted by Crippen LogP contribution is -2.34. The minimum Gasteiger partial charge on any atom is -0.420 e. The third-order valence-electron chi connectivity index (χ3n) is 3.13. The van der Waals surface area contributed by atoms with Crippen molar-refractivity contribution in [3.05, 3.63) is 12.2 Å². The van der Waals surface area contributed by atoms with Gasteiger partial charge >= 0.3 is 0 Å². The van der Waals surface area contributed by atoms with Crippen LogP contribution in [0.4, 0.5) is 0 Å². The highest BCUT2D eigenvalue weighted by Gasteiger charge is 2.28. The first-order chi connectivity index (χ1) is 7.89. The van der Waals surface area contributed by atoms with E-state index in [2.05, 4.69) is 27.4 Å². The lowest BCUT2D eigenvalue weighted by Gasteiger charge is -2.26. The number of amides is 1. The summed E-state index contributed by atoms with van der Waals surface area (Å²) in [6.07, 6.45) is 2.65. The summed E-state index contributed by atoms with van der Waals surface area (Å²) < 4.78 is 5.68. The van der Waals surface area contributed by atoms with E-state index in [1.807, 2.05) is 7.11 Å². The van der Waals surface area contributed by atoms with Crippen LogP contribution in [0.15, 0.2) is 12.2 Å². The van der Waals surface area contributed by atoms with Gasteiger partial charge in [0.15, 0.2) is 8.32 Å². The first kappa shape index (κ1) is 18.7. The predicted octanol–water partition coefficient (Wildman–Crippen LogP) is 3.47. The molecule has 0 spiro atoms. The van der Waals surface area contributed by atoms with Crippen molar-refractivity contribution in [1.82, 2.24) is 0 Å². The number of nitrogens with two attached hydrogens (primary N) is 1. The fraction of sp³-hybridized carbons (Fsp3) is 0.769. The molecule has 0 saturated carbocycles. The lowest BCUT2D eigenvalue weighted by molar-refractivity contribution is -0.114. The molecule has 3 nitrogen and oxygen atoms in total. The summed E-state index contributed by atoms with van der Waals surface area (Å²) in [4.78, 5) is 9.82. The Morgan fingerprint density at radius 2 is 1.71 bits per heavy atom. The quantitative estimate of drug-likeness (QED) is 0.562. The molecule has 0 aromatic carbocycles. The molecule has 0 unspecified atom stereocenters. The standard InChI is InChI=1S/C9H22OSi.C4H7NO/c1-5-8-9-11(6-2,7-3)10-4;1-3(2)4(5)6/h5-9H2,1-4H3;1H2,2H3,(H2,5,6). The van der Waals surface area contributed by atoms with E-state index < -0.39 is 14.2 Å². The van der Waals surface area contributed by atoms with E-state index in [-0.39, 0.29) is 0 Å². The van der Waals surface area contributed by atoms with Crippen LogP contribution in [0.3, 0.4) is 0 Å². The maximum atomic E-state index is 9.82. The van der Waals surface area contributed by atoms with Crippen LogP contribution in [0, 0.1) is 0 Å². The predicted molar refractivity (Wildman–Crippen MR) is 77.4 cm³/mol. The van der Waals surface area contributed by atoms with Crippen LogP contribution >= 0.6 is 0 Å². The van der Waals surface area contributed by atoms with Crippen LogP contribution in [0.5, 0.6) is 0 Å². The second-order valence-electron chi connectivity index (χ2n) is 4.34. The largest absolute Gasteiger partial charge is 0.420 e. The highest BCUT2D eigenvalue weighted by molar-refractivity contribution is 6.73. The normalized spacial score (nSPS) is 10.4. The molecular weight excluding hydrogens is 230 g/mol. The molecule has 0 bridgehead atoms. The molecule has 0 heterocycles. The van der Waals surface area contributed by atoms with E-state index in [0.29, 0.717) is 5.57 Å². The van der Waals surface area contributed by atoms with Gasteiger partial charge in [0.2, 0.25) is 5.91 Å². The number of rotatable bonds is 7. The van der Waals surface area contributed by atoms with E-state index >= 15 is 0 Å². The average Bonchev–Trinajstić information content (AvgIpc) is 2.32. The zero-order valence-electron chi connectivity index (χ0n) is 12.1. The van der Waals surface area contributed by atoms with Crippen molar-refractivity contribution in [3.8, 4) is 0 Å². The summed E-state index contributed by atoms with van der Waals surface area (Å²) in [5, 5.41) is 0. The Balaban J connectivity index is 0. The van der Waals surface area contributed by atoms with Crippen molar-refractivity contribution in [3.63, 3.8) is 0 Å². The second-order valence-corrected chi connectivity index (χ2v) is 9.03. The molecule has 17 heavy (non-hydrogen) atoms. The molecule has 0 radical (unpaired) electrons. The number of carbonyl (C=O) groups is 1. The Labute approximate surface area is 108 Å². The Bertz CT molecular complexity index is 205. The minimum absolute atomic E-state index is 0.398. The molecule has 0 fully saturated rings. The SMILES string of the molecule is C=C(C)C(N)=O.CCCC[Si](CC)(CC)OC. The van der Waals surface area contributed by atoms with E-state index in [1.165, 1.54) is 31.0 Å². The first-order valence-corrected chi connectivity index (χ1v) is 8.92. The number of hydrogen-bond acceptors (Lipinski definition) is 2. The second kappa shape index (κ2) is 10.5. The van der Waals surface area contributed by atoms with Crippen molar-refractivity contribution >= 4 is 14.2 Å². The van der Waals surface area contributed by atoms with Crippen LogP contribution in [0.1, 0.15) is 40.5 Å². The number of carbonyl (C=O) groups excluding carboxylic acids is 1. The van der Waals surface area contributed by atoms with Crippen LogP contribution < -0.4 is 5.73 Å². The third kappa shape index (κ3) is 9.12. The molecular formula is C13H29NO2Si. The smallest absolute Gasteiger partial charge is 0.243 e. The molecule has 2 N–H and O–H groups in total. The molecule has 0 aliphatic heterocycles. The molecule has 0 saturated heterocycles. The van der Waals surface area contributed by atoms with E-state index in [1.54, 1.807) is 6.92 Å². The van der Waals surface area contributed by atoms with E-state index in [4.69, 9.17) is 10.2 Å². The zero-order valence-corrected chi connectivity index (χ0v) is 13.1.